The van der Waals surface area contributed by atoms with Crippen molar-refractivity contribution in [2.45, 2.75) is 18.8 Å². The van der Waals surface area contributed by atoms with Crippen LogP contribution in [0.5, 0.6) is 5.75 Å². The van der Waals surface area contributed by atoms with Crippen molar-refractivity contribution in [3.05, 3.63) is 66.1 Å². The number of rotatable bonds is 6. The van der Waals surface area contributed by atoms with Crippen molar-refractivity contribution < 1.29 is 14.1 Å². The molecule has 1 aliphatic rings. The fraction of sp³-hybridized carbons (Fsp3) is 0.286. The summed E-state index contributed by atoms with van der Waals surface area (Å²) in [4.78, 5) is 18.8. The average Bonchev–Trinajstić information content (AvgIpc) is 3.34. The molecule has 4 rings (SSSR count). The summed E-state index contributed by atoms with van der Waals surface area (Å²) < 4.78 is 10.7. The van der Waals surface area contributed by atoms with Gasteiger partial charge < -0.3 is 14.2 Å². The third-order valence-corrected chi connectivity index (χ3v) is 4.85. The van der Waals surface area contributed by atoms with Crippen molar-refractivity contribution >= 4 is 5.91 Å². The molecule has 27 heavy (non-hydrogen) atoms. The predicted molar refractivity (Wildman–Crippen MR) is 100 cm³/mol. The molecule has 1 aromatic heterocycles. The van der Waals surface area contributed by atoms with Gasteiger partial charge in [-0.25, -0.2) is 0 Å². The SMILES string of the molecule is COc1cccc(-c2noc(C3CC(=O)N(CCc4ccccc4)C3)n2)c1. The number of carbonyl (C=O) groups excluding carboxylic acids is 1. The monoisotopic (exact) mass is 363 g/mol. The van der Waals surface area contributed by atoms with E-state index in [1.807, 2.05) is 47.4 Å². The van der Waals surface area contributed by atoms with Crippen LogP contribution in [0.15, 0.2) is 59.1 Å². The molecular formula is C21H21N3O3. The highest BCUT2D eigenvalue weighted by Gasteiger charge is 2.34. The summed E-state index contributed by atoms with van der Waals surface area (Å²) >= 11 is 0. The summed E-state index contributed by atoms with van der Waals surface area (Å²) in [6.07, 6.45) is 1.26. The van der Waals surface area contributed by atoms with Crippen molar-refractivity contribution in [3.8, 4) is 17.1 Å². The van der Waals surface area contributed by atoms with Crippen molar-refractivity contribution in [1.29, 1.82) is 0 Å². The second kappa shape index (κ2) is 7.61. The standard InChI is InChI=1S/C21H21N3O3/c1-26-18-9-5-8-16(12-18)20-22-21(27-23-20)17-13-19(25)24(14-17)11-10-15-6-3-2-4-7-15/h2-9,12,17H,10-11,13-14H2,1H3. The molecule has 6 nitrogen and oxygen atoms in total. The summed E-state index contributed by atoms with van der Waals surface area (Å²) in [5, 5.41) is 4.08. The molecular weight excluding hydrogens is 342 g/mol. The summed E-state index contributed by atoms with van der Waals surface area (Å²) in [5.41, 5.74) is 2.06. The van der Waals surface area contributed by atoms with Gasteiger partial charge in [0.15, 0.2) is 0 Å². The molecule has 3 aromatic rings. The smallest absolute Gasteiger partial charge is 0.232 e. The molecule has 1 amide bonds. The number of benzene rings is 2. The molecule has 0 radical (unpaired) electrons. The Labute approximate surface area is 157 Å². The highest BCUT2D eigenvalue weighted by molar-refractivity contribution is 5.79. The van der Waals surface area contributed by atoms with E-state index in [0.29, 0.717) is 31.2 Å². The number of methoxy groups -OCH3 is 1. The van der Waals surface area contributed by atoms with Crippen LogP contribution in [-0.4, -0.2) is 41.1 Å². The average molecular weight is 363 g/mol. The largest absolute Gasteiger partial charge is 0.497 e. The van der Waals surface area contributed by atoms with Crippen molar-refractivity contribution in [1.82, 2.24) is 15.0 Å². The van der Waals surface area contributed by atoms with Crippen LogP contribution in [0.4, 0.5) is 0 Å². The van der Waals surface area contributed by atoms with E-state index in [4.69, 9.17) is 9.26 Å². The van der Waals surface area contributed by atoms with Gasteiger partial charge in [-0.15, -0.1) is 0 Å². The molecule has 1 atom stereocenters. The number of likely N-dealkylation sites (tertiary alicyclic amines) is 1. The van der Waals surface area contributed by atoms with Gasteiger partial charge in [-0.2, -0.15) is 4.98 Å². The Morgan fingerprint density at radius 3 is 2.85 bits per heavy atom. The second-order valence-electron chi connectivity index (χ2n) is 6.66. The van der Waals surface area contributed by atoms with E-state index in [1.165, 1.54) is 5.56 Å². The van der Waals surface area contributed by atoms with Crippen LogP contribution >= 0.6 is 0 Å². The molecule has 1 fully saturated rings. The van der Waals surface area contributed by atoms with Gasteiger partial charge in [-0.3, -0.25) is 4.79 Å². The minimum absolute atomic E-state index is 0.0554. The van der Waals surface area contributed by atoms with Crippen LogP contribution < -0.4 is 4.74 Å². The number of aromatic nitrogens is 2. The van der Waals surface area contributed by atoms with Gasteiger partial charge in [0, 0.05) is 25.1 Å². The minimum Gasteiger partial charge on any atom is -0.497 e. The zero-order valence-corrected chi connectivity index (χ0v) is 15.2. The van der Waals surface area contributed by atoms with Crippen LogP contribution in [0.25, 0.3) is 11.4 Å². The summed E-state index contributed by atoms with van der Waals surface area (Å²) in [7, 11) is 1.62. The van der Waals surface area contributed by atoms with Crippen LogP contribution in [0.1, 0.15) is 23.8 Å². The first-order valence-corrected chi connectivity index (χ1v) is 9.02. The topological polar surface area (TPSA) is 68.5 Å². The third-order valence-electron chi connectivity index (χ3n) is 4.85. The Morgan fingerprint density at radius 1 is 1.19 bits per heavy atom. The van der Waals surface area contributed by atoms with Gasteiger partial charge in [0.2, 0.25) is 17.6 Å². The Kier molecular flexibility index (Phi) is 4.87. The van der Waals surface area contributed by atoms with E-state index in [2.05, 4.69) is 22.3 Å². The number of hydrogen-bond acceptors (Lipinski definition) is 5. The molecule has 138 valence electrons. The highest BCUT2D eigenvalue weighted by Crippen LogP contribution is 2.29. The van der Waals surface area contributed by atoms with E-state index in [-0.39, 0.29) is 11.8 Å². The Balaban J connectivity index is 1.42. The number of ether oxygens (including phenoxy) is 1. The van der Waals surface area contributed by atoms with Gasteiger partial charge in [0.1, 0.15) is 5.75 Å². The molecule has 0 aliphatic carbocycles. The number of hydrogen-bond donors (Lipinski definition) is 0. The van der Waals surface area contributed by atoms with Gasteiger partial charge in [0.25, 0.3) is 0 Å². The number of nitrogens with zero attached hydrogens (tertiary/aromatic N) is 3. The molecule has 2 heterocycles. The van der Waals surface area contributed by atoms with Gasteiger partial charge >= 0.3 is 0 Å². The maximum absolute atomic E-state index is 12.4. The Hall–Kier alpha value is -3.15. The number of carbonyl (C=O) groups is 1. The van der Waals surface area contributed by atoms with Gasteiger partial charge in [-0.05, 0) is 24.1 Å². The molecule has 0 spiro atoms. The highest BCUT2D eigenvalue weighted by atomic mass is 16.5. The normalized spacial score (nSPS) is 16.7. The summed E-state index contributed by atoms with van der Waals surface area (Å²) in [6.45, 7) is 1.32. The molecule has 6 heteroatoms. The summed E-state index contributed by atoms with van der Waals surface area (Å²) in [6, 6.07) is 17.7. The van der Waals surface area contributed by atoms with Crippen LogP contribution in [0.2, 0.25) is 0 Å². The Morgan fingerprint density at radius 2 is 2.04 bits per heavy atom. The maximum Gasteiger partial charge on any atom is 0.232 e. The maximum atomic E-state index is 12.4. The van der Waals surface area contributed by atoms with Crippen LogP contribution in [0.3, 0.4) is 0 Å². The van der Waals surface area contributed by atoms with Crippen molar-refractivity contribution in [2.75, 3.05) is 20.2 Å². The predicted octanol–water partition coefficient (Wildman–Crippen LogP) is 3.30. The lowest BCUT2D eigenvalue weighted by molar-refractivity contribution is -0.127. The van der Waals surface area contributed by atoms with E-state index in [1.54, 1.807) is 7.11 Å². The Bertz CT molecular complexity index is 923. The zero-order valence-electron chi connectivity index (χ0n) is 15.2. The van der Waals surface area contributed by atoms with Gasteiger partial charge in [-0.1, -0.05) is 47.6 Å². The minimum atomic E-state index is -0.0554. The molecule has 2 aromatic carbocycles. The first kappa shape index (κ1) is 17.3. The lowest BCUT2D eigenvalue weighted by atomic mass is 10.1. The van der Waals surface area contributed by atoms with E-state index < -0.39 is 0 Å². The molecule has 0 bridgehead atoms. The van der Waals surface area contributed by atoms with Crippen molar-refractivity contribution in [3.63, 3.8) is 0 Å². The van der Waals surface area contributed by atoms with E-state index >= 15 is 0 Å². The zero-order chi connectivity index (χ0) is 18.6. The fourth-order valence-electron chi connectivity index (χ4n) is 3.34. The second-order valence-corrected chi connectivity index (χ2v) is 6.66. The molecule has 0 saturated carbocycles. The molecule has 1 saturated heterocycles. The van der Waals surface area contributed by atoms with E-state index in [0.717, 1.165) is 17.7 Å². The summed E-state index contributed by atoms with van der Waals surface area (Å²) in [5.74, 6) is 1.85. The van der Waals surface area contributed by atoms with Crippen LogP contribution in [-0.2, 0) is 11.2 Å². The number of amides is 1. The lowest BCUT2D eigenvalue weighted by Gasteiger charge is -2.15. The van der Waals surface area contributed by atoms with Gasteiger partial charge in [0.05, 0.1) is 13.0 Å². The first-order valence-electron chi connectivity index (χ1n) is 9.02. The van der Waals surface area contributed by atoms with E-state index in [9.17, 15) is 4.79 Å². The van der Waals surface area contributed by atoms with Crippen molar-refractivity contribution in [2.24, 2.45) is 0 Å². The quantitative estimate of drug-likeness (QED) is 0.672. The lowest BCUT2D eigenvalue weighted by Crippen LogP contribution is -2.27. The van der Waals surface area contributed by atoms with Crippen LogP contribution in [0, 0.1) is 0 Å². The third kappa shape index (κ3) is 3.84. The molecule has 0 N–H and O–H groups in total. The molecule has 1 aliphatic heterocycles. The first-order chi connectivity index (χ1) is 13.2. The fourth-order valence-corrected chi connectivity index (χ4v) is 3.34. The molecule has 1 unspecified atom stereocenters.